The third kappa shape index (κ3) is 6.70. The molecule has 1 heterocycles. The zero-order valence-corrected chi connectivity index (χ0v) is 20.1. The first-order valence-corrected chi connectivity index (χ1v) is 12.3. The van der Waals surface area contributed by atoms with Crippen molar-refractivity contribution in [1.29, 1.82) is 0 Å². The highest BCUT2D eigenvalue weighted by atomic mass is 32.2. The second-order valence-corrected chi connectivity index (χ2v) is 9.09. The minimum Gasteiger partial charge on any atom is -0.494 e. The van der Waals surface area contributed by atoms with Gasteiger partial charge in [-0.1, -0.05) is 48.2 Å². The van der Waals surface area contributed by atoms with E-state index in [2.05, 4.69) is 10.3 Å². The molecule has 0 saturated carbocycles. The Labute approximate surface area is 208 Å². The van der Waals surface area contributed by atoms with E-state index < -0.39 is 5.25 Å². The Morgan fingerprint density at radius 2 is 1.86 bits per heavy atom. The lowest BCUT2D eigenvalue weighted by Crippen LogP contribution is -2.35. The normalized spacial score (nSPS) is 16.5. The Morgan fingerprint density at radius 1 is 1.09 bits per heavy atom. The van der Waals surface area contributed by atoms with Gasteiger partial charge in [-0.25, -0.2) is 9.38 Å². The summed E-state index contributed by atoms with van der Waals surface area (Å²) in [7, 11) is 0. The summed E-state index contributed by atoms with van der Waals surface area (Å²) in [6.45, 7) is 2.81. The van der Waals surface area contributed by atoms with E-state index in [1.165, 1.54) is 23.9 Å². The predicted octanol–water partition coefficient (Wildman–Crippen LogP) is 5.43. The number of benzene rings is 3. The van der Waals surface area contributed by atoms with Crippen molar-refractivity contribution in [3.05, 3.63) is 90.2 Å². The third-order valence-electron chi connectivity index (χ3n) is 5.34. The topological polar surface area (TPSA) is 71.0 Å². The van der Waals surface area contributed by atoms with Crippen LogP contribution in [0.15, 0.2) is 83.9 Å². The number of nitrogens with one attached hydrogen (secondary N) is 1. The number of para-hydroxylation sites is 1. The molecule has 3 aromatic rings. The molecule has 180 valence electrons. The minimum atomic E-state index is -0.583. The number of carbonyl (C=O) groups is 2. The molecule has 0 spiro atoms. The van der Waals surface area contributed by atoms with Crippen LogP contribution in [0, 0.1) is 5.82 Å². The van der Waals surface area contributed by atoms with Crippen molar-refractivity contribution in [3.63, 3.8) is 0 Å². The van der Waals surface area contributed by atoms with E-state index in [1.807, 2.05) is 43.3 Å². The molecular weight excluding hydrogens is 465 g/mol. The Balaban J connectivity index is 1.47. The van der Waals surface area contributed by atoms with Gasteiger partial charge in [0.25, 0.3) is 0 Å². The molecule has 1 saturated heterocycles. The molecule has 0 radical (unpaired) electrons. The van der Waals surface area contributed by atoms with E-state index in [4.69, 9.17) is 4.74 Å². The number of hydrogen-bond acceptors (Lipinski definition) is 5. The molecule has 1 unspecified atom stereocenters. The van der Waals surface area contributed by atoms with Gasteiger partial charge in [-0.2, -0.15) is 0 Å². The number of nitrogens with zero attached hydrogens (tertiary/aromatic N) is 2. The number of hydrogen-bond donors (Lipinski definition) is 1. The van der Waals surface area contributed by atoms with Gasteiger partial charge in [0.2, 0.25) is 11.8 Å². The molecule has 1 aliphatic rings. The lowest BCUT2D eigenvalue weighted by molar-refractivity contribution is -0.128. The standard InChI is InChI=1S/C27H26FN3O3S/c1-2-34-23-10-6-9-22(17-23)29-25(32)18-24-26(33)31(16-15-19-11-13-20(28)14-12-19)27(35-24)30-21-7-4-3-5-8-21/h3-14,17,24H,2,15-16,18H2,1H3,(H,29,32). The van der Waals surface area contributed by atoms with E-state index >= 15 is 0 Å². The predicted molar refractivity (Wildman–Crippen MR) is 138 cm³/mol. The van der Waals surface area contributed by atoms with Crippen LogP contribution in [0.25, 0.3) is 0 Å². The van der Waals surface area contributed by atoms with E-state index in [9.17, 15) is 14.0 Å². The summed E-state index contributed by atoms with van der Waals surface area (Å²) in [6, 6.07) is 22.8. The van der Waals surface area contributed by atoms with E-state index in [0.717, 1.165) is 11.3 Å². The van der Waals surface area contributed by atoms with Crippen molar-refractivity contribution in [1.82, 2.24) is 4.90 Å². The Hall–Kier alpha value is -3.65. The highest BCUT2D eigenvalue weighted by molar-refractivity contribution is 8.15. The van der Waals surface area contributed by atoms with Crippen LogP contribution in [-0.4, -0.2) is 40.3 Å². The van der Waals surface area contributed by atoms with Crippen LogP contribution in [0.2, 0.25) is 0 Å². The molecule has 35 heavy (non-hydrogen) atoms. The van der Waals surface area contributed by atoms with Gasteiger partial charge in [0, 0.05) is 24.7 Å². The van der Waals surface area contributed by atoms with Gasteiger partial charge in [0.1, 0.15) is 16.8 Å². The SMILES string of the molecule is CCOc1cccc(NC(=O)CC2SC(=Nc3ccccc3)N(CCc3ccc(F)cc3)C2=O)c1. The highest BCUT2D eigenvalue weighted by Crippen LogP contribution is 2.32. The maximum Gasteiger partial charge on any atom is 0.242 e. The zero-order valence-electron chi connectivity index (χ0n) is 19.3. The minimum absolute atomic E-state index is 0.0171. The maximum absolute atomic E-state index is 13.3. The first-order chi connectivity index (χ1) is 17.0. The van der Waals surface area contributed by atoms with Crippen LogP contribution in [0.4, 0.5) is 15.8 Å². The molecule has 0 aromatic heterocycles. The number of anilines is 1. The smallest absolute Gasteiger partial charge is 0.242 e. The van der Waals surface area contributed by atoms with Crippen LogP contribution in [0.5, 0.6) is 5.75 Å². The molecule has 3 aromatic carbocycles. The number of amidine groups is 1. The lowest BCUT2D eigenvalue weighted by Gasteiger charge is -2.16. The average Bonchev–Trinajstić information content (AvgIpc) is 3.13. The Bertz CT molecular complexity index is 1200. The van der Waals surface area contributed by atoms with Gasteiger partial charge >= 0.3 is 0 Å². The molecule has 6 nitrogen and oxygen atoms in total. The lowest BCUT2D eigenvalue weighted by atomic mass is 10.1. The zero-order chi connectivity index (χ0) is 24.6. The molecule has 2 amide bonds. The van der Waals surface area contributed by atoms with E-state index in [0.29, 0.717) is 36.2 Å². The molecule has 1 fully saturated rings. The van der Waals surface area contributed by atoms with Gasteiger partial charge < -0.3 is 10.1 Å². The van der Waals surface area contributed by atoms with Gasteiger partial charge in [0.05, 0.1) is 12.3 Å². The number of ether oxygens (including phenoxy) is 1. The summed E-state index contributed by atoms with van der Waals surface area (Å²) < 4.78 is 18.7. The largest absolute Gasteiger partial charge is 0.494 e. The summed E-state index contributed by atoms with van der Waals surface area (Å²) in [5, 5.41) is 2.82. The summed E-state index contributed by atoms with van der Waals surface area (Å²) in [4.78, 5) is 32.3. The Kier molecular flexibility index (Phi) is 8.15. The summed E-state index contributed by atoms with van der Waals surface area (Å²) >= 11 is 1.29. The monoisotopic (exact) mass is 491 g/mol. The number of aliphatic imine (C=N–C) groups is 1. The summed E-state index contributed by atoms with van der Waals surface area (Å²) in [5.41, 5.74) is 2.26. The number of carbonyl (C=O) groups excluding carboxylic acids is 2. The van der Waals surface area contributed by atoms with Crippen molar-refractivity contribution in [3.8, 4) is 5.75 Å². The fourth-order valence-corrected chi connectivity index (χ4v) is 4.83. The molecule has 1 atom stereocenters. The second kappa shape index (κ2) is 11.7. The van der Waals surface area contributed by atoms with Crippen LogP contribution >= 0.6 is 11.8 Å². The van der Waals surface area contributed by atoms with Crippen molar-refractivity contribution in [2.75, 3.05) is 18.5 Å². The van der Waals surface area contributed by atoms with Crippen LogP contribution in [0.3, 0.4) is 0 Å². The molecule has 0 bridgehead atoms. The second-order valence-electron chi connectivity index (χ2n) is 7.92. The molecular formula is C27H26FN3O3S. The third-order valence-corrected chi connectivity index (χ3v) is 6.51. The van der Waals surface area contributed by atoms with Gasteiger partial charge in [-0.15, -0.1) is 0 Å². The van der Waals surface area contributed by atoms with Crippen LogP contribution < -0.4 is 10.1 Å². The molecule has 8 heteroatoms. The van der Waals surface area contributed by atoms with Crippen molar-refractivity contribution in [2.45, 2.75) is 25.0 Å². The number of thioether (sulfide) groups is 1. The fourth-order valence-electron chi connectivity index (χ4n) is 3.65. The summed E-state index contributed by atoms with van der Waals surface area (Å²) in [5.74, 6) is -0.0550. The summed E-state index contributed by atoms with van der Waals surface area (Å²) in [6.07, 6.45) is 0.562. The molecule has 1 aliphatic heterocycles. The van der Waals surface area contributed by atoms with E-state index in [-0.39, 0.29) is 24.1 Å². The van der Waals surface area contributed by atoms with Gasteiger partial charge in [-0.3, -0.25) is 14.5 Å². The molecule has 1 N–H and O–H groups in total. The fraction of sp³-hybridized carbons (Fsp3) is 0.222. The van der Waals surface area contributed by atoms with Gasteiger partial charge in [-0.05, 0) is 55.3 Å². The quantitative estimate of drug-likeness (QED) is 0.434. The molecule has 0 aliphatic carbocycles. The average molecular weight is 492 g/mol. The Morgan fingerprint density at radius 3 is 2.60 bits per heavy atom. The van der Waals surface area contributed by atoms with Crippen molar-refractivity contribution >= 4 is 40.1 Å². The first kappa shape index (κ1) is 24.5. The maximum atomic E-state index is 13.3. The van der Waals surface area contributed by atoms with Crippen molar-refractivity contribution < 1.29 is 18.7 Å². The first-order valence-electron chi connectivity index (χ1n) is 11.4. The van der Waals surface area contributed by atoms with E-state index in [1.54, 1.807) is 35.2 Å². The number of rotatable bonds is 9. The van der Waals surface area contributed by atoms with Crippen LogP contribution in [0.1, 0.15) is 18.9 Å². The van der Waals surface area contributed by atoms with Crippen LogP contribution in [-0.2, 0) is 16.0 Å². The number of halogens is 1. The molecule has 4 rings (SSSR count). The number of amides is 2. The van der Waals surface area contributed by atoms with Gasteiger partial charge in [0.15, 0.2) is 5.17 Å². The van der Waals surface area contributed by atoms with Crippen molar-refractivity contribution in [2.24, 2.45) is 4.99 Å². The highest BCUT2D eigenvalue weighted by Gasteiger charge is 2.39.